The predicted molar refractivity (Wildman–Crippen MR) is 112 cm³/mol. The average molecular weight is 411 g/mol. The molecular weight excluding hydrogens is 392 g/mol. The van der Waals surface area contributed by atoms with E-state index in [9.17, 15) is 0 Å². The summed E-state index contributed by atoms with van der Waals surface area (Å²) < 4.78 is 12.5. The van der Waals surface area contributed by atoms with Crippen LogP contribution in [-0.2, 0) is 5.75 Å². The molecule has 0 atom stereocenters. The summed E-state index contributed by atoms with van der Waals surface area (Å²) in [5.41, 5.74) is 3.02. The molecule has 6 nitrogen and oxygen atoms in total. The number of ether oxygens (including phenoxy) is 2. The summed E-state index contributed by atoms with van der Waals surface area (Å²) in [5, 5.41) is 12.2. The number of aromatic nitrogens is 4. The van der Waals surface area contributed by atoms with Crippen LogP contribution in [0.3, 0.4) is 0 Å². The fourth-order valence-corrected chi connectivity index (χ4v) is 4.40. The van der Waals surface area contributed by atoms with Crippen molar-refractivity contribution >= 4 is 23.1 Å². The first kappa shape index (κ1) is 18.5. The normalized spacial score (nSPS) is 10.8. The molecule has 0 radical (unpaired) electrons. The zero-order chi connectivity index (χ0) is 19.3. The van der Waals surface area contributed by atoms with Gasteiger partial charge in [0, 0.05) is 22.8 Å². The Morgan fingerprint density at radius 1 is 1.04 bits per heavy atom. The van der Waals surface area contributed by atoms with Crippen LogP contribution in [0, 0.1) is 0 Å². The van der Waals surface area contributed by atoms with Crippen molar-refractivity contribution in [3.63, 3.8) is 0 Å². The Kier molecular flexibility index (Phi) is 5.59. The molecule has 4 aromatic rings. The standard InChI is InChI=1S/C20H18N4O2S2/c1-25-17-7-3-5-14(9-17)19-22-15(11-27-19)12-28-20-23-21-13-24(20)16-6-4-8-18(10-16)26-2/h3-11,13H,12H2,1-2H3. The van der Waals surface area contributed by atoms with Gasteiger partial charge in [-0.15, -0.1) is 21.5 Å². The van der Waals surface area contributed by atoms with Crippen LogP contribution in [0.1, 0.15) is 5.69 Å². The molecule has 0 fully saturated rings. The van der Waals surface area contributed by atoms with Crippen molar-refractivity contribution in [3.8, 4) is 27.8 Å². The topological polar surface area (TPSA) is 62.1 Å². The highest BCUT2D eigenvalue weighted by Gasteiger charge is 2.11. The predicted octanol–water partition coefficient (Wildman–Crippen LogP) is 4.70. The van der Waals surface area contributed by atoms with E-state index >= 15 is 0 Å². The number of rotatable bonds is 7. The van der Waals surface area contributed by atoms with Crippen LogP contribution in [0.25, 0.3) is 16.3 Å². The van der Waals surface area contributed by atoms with Crippen LogP contribution in [-0.4, -0.2) is 34.0 Å². The van der Waals surface area contributed by atoms with Crippen molar-refractivity contribution < 1.29 is 9.47 Å². The van der Waals surface area contributed by atoms with Crippen LogP contribution < -0.4 is 9.47 Å². The van der Waals surface area contributed by atoms with Gasteiger partial charge >= 0.3 is 0 Å². The maximum absolute atomic E-state index is 5.30. The van der Waals surface area contributed by atoms with Gasteiger partial charge in [-0.05, 0) is 24.3 Å². The van der Waals surface area contributed by atoms with Crippen LogP contribution in [0.5, 0.6) is 11.5 Å². The molecule has 0 amide bonds. The second-order valence-electron chi connectivity index (χ2n) is 5.85. The molecule has 0 saturated carbocycles. The number of hydrogen-bond donors (Lipinski definition) is 0. The minimum atomic E-state index is 0.711. The van der Waals surface area contributed by atoms with Gasteiger partial charge in [0.15, 0.2) is 5.16 Å². The highest BCUT2D eigenvalue weighted by molar-refractivity contribution is 7.98. The maximum atomic E-state index is 5.30. The third kappa shape index (κ3) is 4.02. The fraction of sp³-hybridized carbons (Fsp3) is 0.150. The van der Waals surface area contributed by atoms with E-state index in [2.05, 4.69) is 15.6 Å². The Balaban J connectivity index is 1.49. The van der Waals surface area contributed by atoms with Crippen molar-refractivity contribution in [2.24, 2.45) is 0 Å². The quantitative estimate of drug-likeness (QED) is 0.412. The minimum Gasteiger partial charge on any atom is -0.497 e. The van der Waals surface area contributed by atoms with Crippen LogP contribution in [0.15, 0.2) is 65.4 Å². The first-order valence-electron chi connectivity index (χ1n) is 8.53. The van der Waals surface area contributed by atoms with Crippen LogP contribution in [0.4, 0.5) is 0 Å². The maximum Gasteiger partial charge on any atom is 0.195 e. The van der Waals surface area contributed by atoms with Gasteiger partial charge in [-0.3, -0.25) is 4.57 Å². The Bertz CT molecular complexity index is 1080. The summed E-state index contributed by atoms with van der Waals surface area (Å²) in [5.74, 6) is 2.34. The Morgan fingerprint density at radius 2 is 1.82 bits per heavy atom. The van der Waals surface area contributed by atoms with Gasteiger partial charge in [-0.25, -0.2) is 4.98 Å². The lowest BCUT2D eigenvalue weighted by Gasteiger charge is -2.07. The average Bonchev–Trinajstić information content (AvgIpc) is 3.42. The van der Waals surface area contributed by atoms with Crippen molar-refractivity contribution in [1.82, 2.24) is 19.7 Å². The molecule has 0 bridgehead atoms. The lowest BCUT2D eigenvalue weighted by molar-refractivity contribution is 0.414. The molecule has 0 aliphatic rings. The summed E-state index contributed by atoms with van der Waals surface area (Å²) in [4.78, 5) is 4.75. The lowest BCUT2D eigenvalue weighted by Crippen LogP contribution is -1.96. The smallest absolute Gasteiger partial charge is 0.195 e. The molecule has 0 unspecified atom stereocenters. The molecule has 4 rings (SSSR count). The van der Waals surface area contributed by atoms with Crippen LogP contribution in [0.2, 0.25) is 0 Å². The molecule has 0 aliphatic heterocycles. The third-order valence-corrected chi connectivity index (χ3v) is 5.98. The highest BCUT2D eigenvalue weighted by Crippen LogP contribution is 2.30. The summed E-state index contributed by atoms with van der Waals surface area (Å²) in [6.45, 7) is 0. The molecule has 2 aromatic carbocycles. The molecule has 0 aliphatic carbocycles. The summed E-state index contributed by atoms with van der Waals surface area (Å²) in [6, 6.07) is 15.8. The molecule has 8 heteroatoms. The van der Waals surface area contributed by atoms with Gasteiger partial charge in [-0.2, -0.15) is 0 Å². The molecule has 142 valence electrons. The molecule has 0 N–H and O–H groups in total. The SMILES string of the molecule is COc1cccc(-c2nc(CSc3nncn3-c3cccc(OC)c3)cs2)c1. The Morgan fingerprint density at radius 3 is 2.64 bits per heavy atom. The zero-order valence-electron chi connectivity index (χ0n) is 15.4. The minimum absolute atomic E-state index is 0.711. The van der Waals surface area contributed by atoms with Gasteiger partial charge in [-0.1, -0.05) is 30.0 Å². The zero-order valence-corrected chi connectivity index (χ0v) is 17.0. The fourth-order valence-electron chi connectivity index (χ4n) is 2.66. The van der Waals surface area contributed by atoms with E-state index < -0.39 is 0 Å². The lowest BCUT2D eigenvalue weighted by atomic mass is 10.2. The van der Waals surface area contributed by atoms with E-state index in [1.807, 2.05) is 53.1 Å². The van der Waals surface area contributed by atoms with Crippen molar-refractivity contribution in [2.45, 2.75) is 10.9 Å². The van der Waals surface area contributed by atoms with Gasteiger partial charge in [0.25, 0.3) is 0 Å². The van der Waals surface area contributed by atoms with Gasteiger partial charge in [0.1, 0.15) is 22.8 Å². The third-order valence-electron chi connectivity index (χ3n) is 4.07. The molecule has 2 aromatic heterocycles. The number of thioether (sulfide) groups is 1. The Hall–Kier alpha value is -2.84. The largest absolute Gasteiger partial charge is 0.497 e. The summed E-state index contributed by atoms with van der Waals surface area (Å²) >= 11 is 3.22. The van der Waals surface area contributed by atoms with Gasteiger partial charge < -0.3 is 9.47 Å². The monoisotopic (exact) mass is 410 g/mol. The van der Waals surface area contributed by atoms with E-state index in [0.717, 1.165) is 38.6 Å². The Labute approximate surface area is 171 Å². The first-order valence-corrected chi connectivity index (χ1v) is 10.4. The summed E-state index contributed by atoms with van der Waals surface area (Å²) in [6.07, 6.45) is 1.71. The van der Waals surface area contributed by atoms with E-state index in [-0.39, 0.29) is 0 Å². The van der Waals surface area contributed by atoms with Crippen LogP contribution >= 0.6 is 23.1 Å². The number of hydrogen-bond acceptors (Lipinski definition) is 7. The van der Waals surface area contributed by atoms with Gasteiger partial charge in [0.05, 0.1) is 25.6 Å². The second kappa shape index (κ2) is 8.45. The second-order valence-corrected chi connectivity index (χ2v) is 7.65. The number of methoxy groups -OCH3 is 2. The van der Waals surface area contributed by atoms with E-state index in [0.29, 0.717) is 5.75 Å². The van der Waals surface area contributed by atoms with E-state index in [1.54, 1.807) is 43.6 Å². The highest BCUT2D eigenvalue weighted by atomic mass is 32.2. The number of nitrogens with zero attached hydrogens (tertiary/aromatic N) is 4. The first-order chi connectivity index (χ1) is 13.8. The molecule has 0 saturated heterocycles. The van der Waals surface area contributed by atoms with Gasteiger partial charge in [0.2, 0.25) is 0 Å². The molecule has 28 heavy (non-hydrogen) atoms. The van der Waals surface area contributed by atoms with Crippen molar-refractivity contribution in [2.75, 3.05) is 14.2 Å². The molecular formula is C20H18N4O2S2. The van der Waals surface area contributed by atoms with Crippen molar-refractivity contribution in [1.29, 1.82) is 0 Å². The van der Waals surface area contributed by atoms with E-state index in [1.165, 1.54) is 0 Å². The van der Waals surface area contributed by atoms with E-state index in [4.69, 9.17) is 14.5 Å². The number of benzene rings is 2. The summed E-state index contributed by atoms with van der Waals surface area (Å²) in [7, 11) is 3.32. The number of thiazole rings is 1. The molecule has 2 heterocycles. The van der Waals surface area contributed by atoms with Crippen molar-refractivity contribution in [3.05, 3.63) is 65.9 Å². The molecule has 0 spiro atoms.